The zero-order valence-corrected chi connectivity index (χ0v) is 14.4. The van der Waals surface area contributed by atoms with Crippen LogP contribution < -0.4 is 51.4 Å². The van der Waals surface area contributed by atoms with Gasteiger partial charge in [0.15, 0.2) is 0 Å². The van der Waals surface area contributed by atoms with Crippen molar-refractivity contribution in [2.24, 2.45) is 0 Å². The summed E-state index contributed by atoms with van der Waals surface area (Å²) in [6.45, 7) is 0.110. The van der Waals surface area contributed by atoms with Gasteiger partial charge in [-0.1, -0.05) is 6.92 Å². The minimum absolute atomic E-state index is 0. The molecular formula is C9H18BF3KNS. The monoisotopic (exact) mass is 279 g/mol. The van der Waals surface area contributed by atoms with Gasteiger partial charge in [-0.15, -0.1) is 12.1 Å². The fourth-order valence-electron chi connectivity index (χ4n) is 1.30. The smallest absolute Gasteiger partial charge is 0.445 e. The maximum atomic E-state index is 12.3. The maximum absolute atomic E-state index is 12.3. The van der Waals surface area contributed by atoms with E-state index in [1.165, 1.54) is 0 Å². The normalized spacial score (nSPS) is 13.4. The first-order chi connectivity index (χ1) is 6.82. The molecule has 0 aromatic carbocycles. The quantitative estimate of drug-likeness (QED) is 0.604. The molecule has 0 saturated carbocycles. The molecule has 1 nitrogen and oxygen atoms in total. The van der Waals surface area contributed by atoms with Crippen molar-refractivity contribution in [2.75, 3.05) is 25.6 Å². The number of nitrogens with zero attached hydrogens (tertiary/aromatic N) is 1. The van der Waals surface area contributed by atoms with E-state index in [2.05, 4.69) is 6.58 Å². The molecule has 0 aromatic heterocycles. The zero-order chi connectivity index (χ0) is 12.1. The molecule has 0 aliphatic heterocycles. The van der Waals surface area contributed by atoms with Crippen molar-refractivity contribution in [1.82, 2.24) is 4.90 Å². The third-order valence-electron chi connectivity index (χ3n) is 2.37. The van der Waals surface area contributed by atoms with Gasteiger partial charge in [0, 0.05) is 11.8 Å². The van der Waals surface area contributed by atoms with Gasteiger partial charge < -0.3 is 17.8 Å². The van der Waals surface area contributed by atoms with E-state index in [0.29, 0.717) is 0 Å². The number of likely N-dealkylation sites (N-methyl/N-ethyl adjacent to an activating group) is 1. The average Bonchev–Trinajstić information content (AvgIpc) is 2.12. The van der Waals surface area contributed by atoms with Gasteiger partial charge in [0.05, 0.1) is 0 Å². The van der Waals surface area contributed by atoms with Crippen LogP contribution >= 0.6 is 11.8 Å². The van der Waals surface area contributed by atoms with Crippen LogP contribution in [0.25, 0.3) is 0 Å². The van der Waals surface area contributed by atoms with E-state index in [4.69, 9.17) is 0 Å². The number of thioether (sulfide) groups is 1. The van der Waals surface area contributed by atoms with Crippen LogP contribution in [0, 0.1) is 0 Å². The minimum Gasteiger partial charge on any atom is -0.445 e. The predicted molar refractivity (Wildman–Crippen MR) is 63.3 cm³/mol. The molecular weight excluding hydrogens is 261 g/mol. The molecule has 90 valence electrons. The molecule has 0 rings (SSSR count). The second-order valence-corrected chi connectivity index (χ2v) is 4.58. The second kappa shape index (κ2) is 9.47. The Morgan fingerprint density at radius 2 is 1.94 bits per heavy atom. The molecule has 1 atom stereocenters. The molecule has 7 heteroatoms. The molecule has 0 heterocycles. The van der Waals surface area contributed by atoms with E-state index in [0.717, 1.165) is 12.2 Å². The third kappa shape index (κ3) is 7.79. The summed E-state index contributed by atoms with van der Waals surface area (Å²) in [5, 5.41) is 0. The van der Waals surface area contributed by atoms with Gasteiger partial charge in [-0.2, -0.15) is 11.8 Å². The summed E-state index contributed by atoms with van der Waals surface area (Å²) in [5.41, 5.74) is -0.614. The van der Waals surface area contributed by atoms with Crippen molar-refractivity contribution in [1.29, 1.82) is 0 Å². The van der Waals surface area contributed by atoms with E-state index in [1.807, 2.05) is 13.2 Å². The van der Waals surface area contributed by atoms with Crippen LogP contribution in [0.1, 0.15) is 13.3 Å². The number of hydrogen-bond acceptors (Lipinski definition) is 2. The van der Waals surface area contributed by atoms with Crippen molar-refractivity contribution in [3.8, 4) is 0 Å². The largest absolute Gasteiger partial charge is 1.00 e. The molecule has 0 amide bonds. The predicted octanol–water partition coefficient (Wildman–Crippen LogP) is 0.00660. The van der Waals surface area contributed by atoms with E-state index in [-0.39, 0.29) is 64.0 Å². The van der Waals surface area contributed by atoms with Crippen LogP contribution in [0.15, 0.2) is 12.1 Å². The van der Waals surface area contributed by atoms with Crippen LogP contribution in [0.3, 0.4) is 0 Å². The SMILES string of the molecule is C=C(CN(C)C(CC)CSC)[B-](F)(F)F.[K+]. The molecule has 0 aliphatic rings. The summed E-state index contributed by atoms with van der Waals surface area (Å²) >= 11 is 1.65. The van der Waals surface area contributed by atoms with E-state index >= 15 is 0 Å². The number of hydrogen-bond donors (Lipinski definition) is 0. The molecule has 0 fully saturated rings. The minimum atomic E-state index is -4.89. The summed E-state index contributed by atoms with van der Waals surface area (Å²) < 4.78 is 36.9. The summed E-state index contributed by atoms with van der Waals surface area (Å²) in [4.78, 5) is 1.73. The van der Waals surface area contributed by atoms with E-state index in [1.54, 1.807) is 23.7 Å². The Kier molecular flexibility index (Phi) is 11.8. The number of halogens is 3. The van der Waals surface area contributed by atoms with Gasteiger partial charge in [-0.3, -0.25) is 0 Å². The Morgan fingerprint density at radius 1 is 1.44 bits per heavy atom. The molecule has 0 aromatic rings. The van der Waals surface area contributed by atoms with Crippen LogP contribution in [0.4, 0.5) is 12.9 Å². The Morgan fingerprint density at radius 3 is 2.25 bits per heavy atom. The molecule has 0 saturated heterocycles. The van der Waals surface area contributed by atoms with Crippen LogP contribution in [-0.4, -0.2) is 43.5 Å². The van der Waals surface area contributed by atoms with Crippen LogP contribution in [-0.2, 0) is 0 Å². The molecule has 0 spiro atoms. The van der Waals surface area contributed by atoms with E-state index in [9.17, 15) is 12.9 Å². The first kappa shape index (κ1) is 19.9. The fourth-order valence-corrected chi connectivity index (χ4v) is 2.18. The Bertz CT molecular complexity index is 213. The van der Waals surface area contributed by atoms with Gasteiger partial charge in [0.1, 0.15) is 0 Å². The van der Waals surface area contributed by atoms with Gasteiger partial charge in [0.25, 0.3) is 0 Å². The summed E-state index contributed by atoms with van der Waals surface area (Å²) in [6.07, 6.45) is 2.81. The summed E-state index contributed by atoms with van der Waals surface area (Å²) in [7, 11) is 1.72. The van der Waals surface area contributed by atoms with Crippen molar-refractivity contribution in [3.05, 3.63) is 12.1 Å². The van der Waals surface area contributed by atoms with Crippen LogP contribution in [0.2, 0.25) is 0 Å². The van der Waals surface area contributed by atoms with E-state index < -0.39 is 12.4 Å². The molecule has 16 heavy (non-hydrogen) atoms. The van der Waals surface area contributed by atoms with Gasteiger partial charge in [0.2, 0.25) is 0 Å². The van der Waals surface area contributed by atoms with Crippen LogP contribution in [0.5, 0.6) is 0 Å². The molecule has 0 N–H and O–H groups in total. The Balaban J connectivity index is 0. The van der Waals surface area contributed by atoms with Crippen molar-refractivity contribution < 1.29 is 64.3 Å². The summed E-state index contributed by atoms with van der Waals surface area (Å²) in [6, 6.07) is 0.190. The van der Waals surface area contributed by atoms with Crippen molar-refractivity contribution >= 4 is 18.7 Å². The van der Waals surface area contributed by atoms with Gasteiger partial charge in [-0.25, -0.2) is 0 Å². The summed E-state index contributed by atoms with van der Waals surface area (Å²) in [5.74, 6) is 0.852. The topological polar surface area (TPSA) is 3.24 Å². The first-order valence-electron chi connectivity index (χ1n) is 4.89. The van der Waals surface area contributed by atoms with Crippen molar-refractivity contribution in [3.63, 3.8) is 0 Å². The van der Waals surface area contributed by atoms with Gasteiger partial charge in [-0.05, 0) is 26.3 Å². The third-order valence-corrected chi connectivity index (χ3v) is 3.09. The maximum Gasteiger partial charge on any atom is 1.00 e. The molecule has 0 aliphatic carbocycles. The molecule has 0 radical (unpaired) electrons. The van der Waals surface area contributed by atoms with Gasteiger partial charge >= 0.3 is 58.4 Å². The fraction of sp³-hybridized carbons (Fsp3) is 0.778. The standard InChI is InChI=1S/C9H18BF3NS.K/c1-5-9(7-15-4)14(3)6-8(2)10(11,12)13;/h9H,2,5-7H2,1,3-4H3;/q-1;+1. The zero-order valence-electron chi connectivity index (χ0n) is 10.5. The molecule has 0 bridgehead atoms. The van der Waals surface area contributed by atoms with Crippen molar-refractivity contribution in [2.45, 2.75) is 19.4 Å². The average molecular weight is 279 g/mol. The molecule has 1 unspecified atom stereocenters. The first-order valence-corrected chi connectivity index (χ1v) is 6.29. The Labute approximate surface area is 143 Å². The second-order valence-electron chi connectivity index (χ2n) is 3.67. The number of rotatable bonds is 7. The Hall–Kier alpha value is 1.54.